The van der Waals surface area contributed by atoms with Crippen LogP contribution in [0.1, 0.15) is 22.8 Å². The molecule has 2 N–H and O–H groups in total. The predicted molar refractivity (Wildman–Crippen MR) is 107 cm³/mol. The van der Waals surface area contributed by atoms with Gasteiger partial charge in [-0.05, 0) is 61.1 Å². The van der Waals surface area contributed by atoms with E-state index in [-0.39, 0.29) is 17.0 Å². The molecular formula is C19H17ClN2O3S. The molecule has 2 aromatic carbocycles. The molecule has 0 aromatic heterocycles. The minimum atomic E-state index is -0.389. The largest absolute Gasteiger partial charge is 0.462 e. The average molecular weight is 389 g/mol. The van der Waals surface area contributed by atoms with Crippen LogP contribution in [0, 0.1) is 0 Å². The molecule has 2 rings (SSSR count). The standard InChI is InChI=1S/C19H17ClN2O3S/c1-2-25-18(24)14-7-10-15(11-8-14)21-19(26)22-17(23)12-9-13-5-3-4-6-16(13)20/h3-12H,2H2,1H3,(H2,21,22,23,26)/b12-9+. The number of esters is 1. The number of amides is 1. The van der Waals surface area contributed by atoms with Crippen molar-refractivity contribution in [3.63, 3.8) is 0 Å². The second-order valence-electron chi connectivity index (χ2n) is 5.10. The third kappa shape index (κ3) is 5.98. The summed E-state index contributed by atoms with van der Waals surface area (Å²) in [5.74, 6) is -0.773. The highest BCUT2D eigenvalue weighted by molar-refractivity contribution is 7.80. The number of hydrogen-bond donors (Lipinski definition) is 2. The molecule has 7 heteroatoms. The smallest absolute Gasteiger partial charge is 0.338 e. The van der Waals surface area contributed by atoms with Gasteiger partial charge in [-0.3, -0.25) is 10.1 Å². The van der Waals surface area contributed by atoms with Crippen molar-refractivity contribution in [2.24, 2.45) is 0 Å². The fourth-order valence-corrected chi connectivity index (χ4v) is 2.41. The molecule has 2 aromatic rings. The Hall–Kier alpha value is -2.70. The van der Waals surface area contributed by atoms with Crippen LogP contribution in [-0.4, -0.2) is 23.6 Å². The lowest BCUT2D eigenvalue weighted by molar-refractivity contribution is -0.115. The van der Waals surface area contributed by atoms with E-state index in [1.54, 1.807) is 49.4 Å². The molecule has 134 valence electrons. The van der Waals surface area contributed by atoms with Gasteiger partial charge in [-0.2, -0.15) is 0 Å². The number of rotatable bonds is 5. The van der Waals surface area contributed by atoms with Crippen molar-refractivity contribution in [3.05, 3.63) is 70.8 Å². The van der Waals surface area contributed by atoms with Crippen molar-refractivity contribution in [1.82, 2.24) is 5.32 Å². The molecule has 5 nitrogen and oxygen atoms in total. The van der Waals surface area contributed by atoms with Gasteiger partial charge in [0, 0.05) is 16.8 Å². The topological polar surface area (TPSA) is 67.4 Å². The highest BCUT2D eigenvalue weighted by Crippen LogP contribution is 2.16. The summed E-state index contributed by atoms with van der Waals surface area (Å²) in [5, 5.41) is 6.10. The Labute approximate surface area is 162 Å². The maximum absolute atomic E-state index is 11.9. The molecule has 1 amide bonds. The third-order valence-corrected chi connectivity index (χ3v) is 3.76. The molecule has 0 spiro atoms. The Kier molecular flexibility index (Phi) is 7.32. The van der Waals surface area contributed by atoms with E-state index in [2.05, 4.69) is 10.6 Å². The zero-order valence-electron chi connectivity index (χ0n) is 14.0. The molecule has 0 heterocycles. The molecule has 0 aliphatic heterocycles. The van der Waals surface area contributed by atoms with Crippen molar-refractivity contribution in [2.75, 3.05) is 11.9 Å². The highest BCUT2D eigenvalue weighted by atomic mass is 35.5. The van der Waals surface area contributed by atoms with Gasteiger partial charge in [-0.15, -0.1) is 0 Å². The zero-order valence-corrected chi connectivity index (χ0v) is 15.6. The quantitative estimate of drug-likeness (QED) is 0.459. The van der Waals surface area contributed by atoms with E-state index in [0.29, 0.717) is 22.9 Å². The lowest BCUT2D eigenvalue weighted by atomic mass is 10.2. The third-order valence-electron chi connectivity index (χ3n) is 3.21. The summed E-state index contributed by atoms with van der Waals surface area (Å²) in [6.07, 6.45) is 2.95. The summed E-state index contributed by atoms with van der Waals surface area (Å²) in [6, 6.07) is 13.7. The Balaban J connectivity index is 1.89. The minimum Gasteiger partial charge on any atom is -0.462 e. The first kappa shape index (κ1) is 19.6. The minimum absolute atomic E-state index is 0.141. The predicted octanol–water partition coefficient (Wildman–Crippen LogP) is 4.04. The molecule has 0 aliphatic rings. The zero-order chi connectivity index (χ0) is 18.9. The van der Waals surface area contributed by atoms with E-state index < -0.39 is 0 Å². The maximum Gasteiger partial charge on any atom is 0.338 e. The number of hydrogen-bond acceptors (Lipinski definition) is 4. The van der Waals surface area contributed by atoms with E-state index in [1.807, 2.05) is 12.1 Å². The Morgan fingerprint density at radius 3 is 2.50 bits per heavy atom. The van der Waals surface area contributed by atoms with Gasteiger partial charge in [0.05, 0.1) is 12.2 Å². The van der Waals surface area contributed by atoms with E-state index >= 15 is 0 Å². The fourth-order valence-electron chi connectivity index (χ4n) is 2.00. The number of carbonyl (C=O) groups is 2. The SMILES string of the molecule is CCOC(=O)c1ccc(NC(=S)NC(=O)/C=C/c2ccccc2Cl)cc1. The lowest BCUT2D eigenvalue weighted by Gasteiger charge is -2.09. The number of halogens is 1. The van der Waals surface area contributed by atoms with Crippen molar-refractivity contribution in [2.45, 2.75) is 6.92 Å². The first-order valence-corrected chi connectivity index (χ1v) is 8.60. The van der Waals surface area contributed by atoms with Crippen molar-refractivity contribution < 1.29 is 14.3 Å². The monoisotopic (exact) mass is 388 g/mol. The molecule has 0 unspecified atom stereocenters. The van der Waals surface area contributed by atoms with Gasteiger partial charge in [-0.25, -0.2) is 4.79 Å². The molecule has 0 fully saturated rings. The van der Waals surface area contributed by atoms with Gasteiger partial charge in [0.15, 0.2) is 5.11 Å². The van der Waals surface area contributed by atoms with Crippen LogP contribution in [0.4, 0.5) is 5.69 Å². The Morgan fingerprint density at radius 2 is 1.85 bits per heavy atom. The molecule has 0 radical (unpaired) electrons. The molecule has 0 bridgehead atoms. The van der Waals surface area contributed by atoms with Gasteiger partial charge >= 0.3 is 5.97 Å². The Morgan fingerprint density at radius 1 is 1.15 bits per heavy atom. The van der Waals surface area contributed by atoms with Crippen LogP contribution in [-0.2, 0) is 9.53 Å². The summed E-state index contributed by atoms with van der Waals surface area (Å²) in [4.78, 5) is 23.5. The van der Waals surface area contributed by atoms with Crippen LogP contribution < -0.4 is 10.6 Å². The van der Waals surface area contributed by atoms with Gasteiger partial charge in [0.1, 0.15) is 0 Å². The maximum atomic E-state index is 11.9. The van der Waals surface area contributed by atoms with Crippen LogP contribution >= 0.6 is 23.8 Å². The number of anilines is 1. The van der Waals surface area contributed by atoms with Gasteiger partial charge in [0.25, 0.3) is 0 Å². The summed E-state index contributed by atoms with van der Waals surface area (Å²) in [5.41, 5.74) is 1.81. The molecule has 0 atom stereocenters. The van der Waals surface area contributed by atoms with Crippen LogP contribution in [0.15, 0.2) is 54.6 Å². The van der Waals surface area contributed by atoms with E-state index in [1.165, 1.54) is 6.08 Å². The molecular weight excluding hydrogens is 372 g/mol. The van der Waals surface area contributed by atoms with Gasteiger partial charge in [-0.1, -0.05) is 29.8 Å². The highest BCUT2D eigenvalue weighted by Gasteiger charge is 2.07. The number of ether oxygens (including phenoxy) is 1. The second-order valence-corrected chi connectivity index (χ2v) is 5.91. The van der Waals surface area contributed by atoms with Crippen LogP contribution in [0.3, 0.4) is 0 Å². The normalized spacial score (nSPS) is 10.4. The first-order chi connectivity index (χ1) is 12.5. The van der Waals surface area contributed by atoms with Gasteiger partial charge in [0.2, 0.25) is 5.91 Å². The first-order valence-electron chi connectivity index (χ1n) is 7.81. The molecule has 0 saturated carbocycles. The van der Waals surface area contributed by atoms with E-state index in [0.717, 1.165) is 5.56 Å². The van der Waals surface area contributed by atoms with E-state index in [9.17, 15) is 9.59 Å². The van der Waals surface area contributed by atoms with Crippen LogP contribution in [0.2, 0.25) is 5.02 Å². The lowest BCUT2D eigenvalue weighted by Crippen LogP contribution is -2.32. The second kappa shape index (κ2) is 9.70. The molecule has 0 aliphatic carbocycles. The fraction of sp³-hybridized carbons (Fsp3) is 0.105. The van der Waals surface area contributed by atoms with Crippen LogP contribution in [0.25, 0.3) is 6.08 Å². The van der Waals surface area contributed by atoms with Gasteiger partial charge < -0.3 is 10.1 Å². The number of benzene rings is 2. The average Bonchev–Trinajstić information content (AvgIpc) is 2.61. The number of nitrogens with one attached hydrogen (secondary N) is 2. The molecule has 0 saturated heterocycles. The van der Waals surface area contributed by atoms with Crippen molar-refractivity contribution in [3.8, 4) is 0 Å². The van der Waals surface area contributed by atoms with Crippen molar-refractivity contribution >= 4 is 52.6 Å². The Bertz CT molecular complexity index is 835. The summed E-state index contributed by atoms with van der Waals surface area (Å²) in [7, 11) is 0. The number of carbonyl (C=O) groups excluding carboxylic acids is 2. The summed E-state index contributed by atoms with van der Waals surface area (Å²) in [6.45, 7) is 2.06. The van der Waals surface area contributed by atoms with Crippen molar-refractivity contribution in [1.29, 1.82) is 0 Å². The van der Waals surface area contributed by atoms with Crippen LogP contribution in [0.5, 0.6) is 0 Å². The van der Waals surface area contributed by atoms with E-state index in [4.69, 9.17) is 28.6 Å². The summed E-state index contributed by atoms with van der Waals surface area (Å²) < 4.78 is 4.91. The summed E-state index contributed by atoms with van der Waals surface area (Å²) >= 11 is 11.1. The molecule has 26 heavy (non-hydrogen) atoms. The number of thiocarbonyl (C=S) groups is 1.